The number of sulfonamides is 1. The average Bonchev–Trinajstić information content (AvgIpc) is 2.06. The molecular formula is C9H13NO3S. The molecule has 3 N–H and O–H groups in total. The van der Waals surface area contributed by atoms with E-state index < -0.39 is 10.0 Å². The highest BCUT2D eigenvalue weighted by Crippen LogP contribution is 2.29. The van der Waals surface area contributed by atoms with Crippen LogP contribution in [0, 0.1) is 20.8 Å². The summed E-state index contributed by atoms with van der Waals surface area (Å²) in [6.07, 6.45) is 0. The van der Waals surface area contributed by atoms with E-state index in [-0.39, 0.29) is 10.6 Å². The van der Waals surface area contributed by atoms with Crippen LogP contribution in [0.25, 0.3) is 0 Å². The number of aryl methyl sites for hydroxylation is 1. The van der Waals surface area contributed by atoms with E-state index in [2.05, 4.69) is 0 Å². The number of hydrogen-bond acceptors (Lipinski definition) is 3. The van der Waals surface area contributed by atoms with Gasteiger partial charge in [0.1, 0.15) is 5.75 Å². The van der Waals surface area contributed by atoms with E-state index in [9.17, 15) is 13.5 Å². The maximum atomic E-state index is 11.2. The zero-order valence-electron chi connectivity index (χ0n) is 8.33. The lowest BCUT2D eigenvalue weighted by molar-refractivity contribution is 0.465. The van der Waals surface area contributed by atoms with E-state index in [0.29, 0.717) is 16.7 Å². The zero-order valence-corrected chi connectivity index (χ0v) is 9.14. The molecule has 78 valence electrons. The molecule has 4 nitrogen and oxygen atoms in total. The van der Waals surface area contributed by atoms with Crippen LogP contribution in [0.1, 0.15) is 16.7 Å². The van der Waals surface area contributed by atoms with Crippen LogP contribution < -0.4 is 5.14 Å². The molecule has 0 amide bonds. The van der Waals surface area contributed by atoms with Crippen LogP contribution >= 0.6 is 0 Å². The fraction of sp³-hybridized carbons (Fsp3) is 0.333. The van der Waals surface area contributed by atoms with Gasteiger partial charge < -0.3 is 5.11 Å². The Balaban J connectivity index is 3.66. The van der Waals surface area contributed by atoms with Crippen molar-refractivity contribution in [3.8, 4) is 5.75 Å². The largest absolute Gasteiger partial charge is 0.507 e. The van der Waals surface area contributed by atoms with Crippen molar-refractivity contribution < 1.29 is 13.5 Å². The van der Waals surface area contributed by atoms with Crippen molar-refractivity contribution >= 4 is 10.0 Å². The van der Waals surface area contributed by atoms with Gasteiger partial charge in [0.05, 0.1) is 4.90 Å². The highest BCUT2D eigenvalue weighted by molar-refractivity contribution is 7.89. The summed E-state index contributed by atoms with van der Waals surface area (Å²) in [6, 6.07) is 1.38. The Morgan fingerprint density at radius 1 is 1.21 bits per heavy atom. The first-order valence-corrected chi connectivity index (χ1v) is 5.62. The van der Waals surface area contributed by atoms with E-state index in [1.54, 1.807) is 20.8 Å². The molecule has 0 saturated heterocycles. The van der Waals surface area contributed by atoms with E-state index in [4.69, 9.17) is 5.14 Å². The molecule has 1 rings (SSSR count). The molecule has 0 heterocycles. The molecule has 0 bridgehead atoms. The van der Waals surface area contributed by atoms with E-state index in [1.165, 1.54) is 6.07 Å². The minimum Gasteiger partial charge on any atom is -0.507 e. The van der Waals surface area contributed by atoms with Crippen LogP contribution in [0.5, 0.6) is 5.75 Å². The molecule has 0 saturated carbocycles. The van der Waals surface area contributed by atoms with Crippen molar-refractivity contribution in [1.29, 1.82) is 0 Å². The van der Waals surface area contributed by atoms with Gasteiger partial charge in [-0.05, 0) is 43.5 Å². The summed E-state index contributed by atoms with van der Waals surface area (Å²) >= 11 is 0. The first kappa shape index (κ1) is 11.0. The molecule has 0 aliphatic carbocycles. The number of primary sulfonamides is 1. The number of rotatable bonds is 1. The Bertz CT molecular complexity index is 477. The second-order valence-corrected chi connectivity index (χ2v) is 4.87. The Labute approximate surface area is 83.4 Å². The molecule has 0 unspecified atom stereocenters. The molecule has 1 aromatic rings. The second-order valence-electron chi connectivity index (χ2n) is 3.34. The lowest BCUT2D eigenvalue weighted by atomic mass is 10.1. The maximum Gasteiger partial charge on any atom is 0.238 e. The van der Waals surface area contributed by atoms with Crippen molar-refractivity contribution in [2.24, 2.45) is 5.14 Å². The van der Waals surface area contributed by atoms with Gasteiger partial charge in [-0.25, -0.2) is 13.6 Å². The van der Waals surface area contributed by atoms with Crippen LogP contribution in [0.4, 0.5) is 0 Å². The molecule has 14 heavy (non-hydrogen) atoms. The topological polar surface area (TPSA) is 80.4 Å². The molecule has 5 heteroatoms. The molecule has 1 aromatic carbocycles. The predicted octanol–water partition coefficient (Wildman–Crippen LogP) is 0.965. The molecule has 0 aromatic heterocycles. The van der Waals surface area contributed by atoms with Gasteiger partial charge in [0, 0.05) is 0 Å². The van der Waals surface area contributed by atoms with Gasteiger partial charge in [-0.15, -0.1) is 0 Å². The number of phenolic OH excluding ortho intramolecular Hbond substituents is 1. The van der Waals surface area contributed by atoms with Gasteiger partial charge in [-0.1, -0.05) is 0 Å². The number of hydrogen-bond donors (Lipinski definition) is 2. The van der Waals surface area contributed by atoms with Crippen LogP contribution in [-0.2, 0) is 10.0 Å². The molecule has 0 aliphatic heterocycles. The number of aromatic hydroxyl groups is 1. The summed E-state index contributed by atoms with van der Waals surface area (Å²) in [5, 5.41) is 14.6. The molecule has 0 radical (unpaired) electrons. The summed E-state index contributed by atoms with van der Waals surface area (Å²) in [7, 11) is -3.71. The number of nitrogens with two attached hydrogens (primary N) is 1. The summed E-state index contributed by atoms with van der Waals surface area (Å²) < 4.78 is 22.3. The highest BCUT2D eigenvalue weighted by Gasteiger charge is 2.16. The normalized spacial score (nSPS) is 11.7. The summed E-state index contributed by atoms with van der Waals surface area (Å²) in [5.41, 5.74) is 1.56. The first-order chi connectivity index (χ1) is 6.25. The third-order valence-electron chi connectivity index (χ3n) is 2.31. The molecule has 0 atom stereocenters. The van der Waals surface area contributed by atoms with Gasteiger partial charge in [0.25, 0.3) is 0 Å². The van der Waals surface area contributed by atoms with Gasteiger partial charge in [0.15, 0.2) is 0 Å². The van der Waals surface area contributed by atoms with Crippen LogP contribution in [0.15, 0.2) is 11.0 Å². The summed E-state index contributed by atoms with van der Waals surface area (Å²) in [5.74, 6) is 0.120. The lowest BCUT2D eigenvalue weighted by Crippen LogP contribution is -2.14. The van der Waals surface area contributed by atoms with E-state index in [0.717, 1.165) is 0 Å². The Morgan fingerprint density at radius 2 is 1.71 bits per heavy atom. The minimum atomic E-state index is -3.71. The Kier molecular flexibility index (Phi) is 2.56. The van der Waals surface area contributed by atoms with Crippen molar-refractivity contribution in [1.82, 2.24) is 0 Å². The van der Waals surface area contributed by atoms with Gasteiger partial charge in [0.2, 0.25) is 10.0 Å². The Hall–Kier alpha value is -1.07. The van der Waals surface area contributed by atoms with Gasteiger partial charge >= 0.3 is 0 Å². The van der Waals surface area contributed by atoms with Crippen molar-refractivity contribution in [2.45, 2.75) is 25.7 Å². The second kappa shape index (κ2) is 3.25. The molecular weight excluding hydrogens is 202 g/mol. The number of phenols is 1. The van der Waals surface area contributed by atoms with Crippen molar-refractivity contribution in [3.63, 3.8) is 0 Å². The molecule has 0 spiro atoms. The smallest absolute Gasteiger partial charge is 0.238 e. The quantitative estimate of drug-likeness (QED) is 0.732. The van der Waals surface area contributed by atoms with Crippen LogP contribution in [0.3, 0.4) is 0 Å². The van der Waals surface area contributed by atoms with Crippen molar-refractivity contribution in [3.05, 3.63) is 22.8 Å². The van der Waals surface area contributed by atoms with E-state index in [1.807, 2.05) is 0 Å². The Morgan fingerprint density at radius 3 is 2.14 bits per heavy atom. The SMILES string of the molecule is Cc1cc(S(N)(=O)=O)c(C)c(C)c1O. The molecule has 0 aliphatic rings. The first-order valence-electron chi connectivity index (χ1n) is 4.07. The van der Waals surface area contributed by atoms with Gasteiger partial charge in [-0.2, -0.15) is 0 Å². The third kappa shape index (κ3) is 1.73. The predicted molar refractivity (Wildman–Crippen MR) is 53.7 cm³/mol. The lowest BCUT2D eigenvalue weighted by Gasteiger charge is -2.10. The van der Waals surface area contributed by atoms with Crippen LogP contribution in [-0.4, -0.2) is 13.5 Å². The highest BCUT2D eigenvalue weighted by atomic mass is 32.2. The standard InChI is InChI=1S/C9H13NO3S/c1-5-4-8(14(10,12)13)6(2)7(3)9(5)11/h4,11H,1-3H3,(H2,10,12,13). The monoisotopic (exact) mass is 215 g/mol. The fourth-order valence-electron chi connectivity index (χ4n) is 1.33. The number of benzene rings is 1. The molecule has 0 fully saturated rings. The zero-order chi connectivity index (χ0) is 11.1. The van der Waals surface area contributed by atoms with Gasteiger partial charge in [-0.3, -0.25) is 0 Å². The van der Waals surface area contributed by atoms with Crippen molar-refractivity contribution in [2.75, 3.05) is 0 Å². The third-order valence-corrected chi connectivity index (χ3v) is 3.35. The summed E-state index contributed by atoms with van der Waals surface area (Å²) in [4.78, 5) is 0.0744. The summed E-state index contributed by atoms with van der Waals surface area (Å²) in [6.45, 7) is 4.91. The minimum absolute atomic E-state index is 0.0744. The fourth-order valence-corrected chi connectivity index (χ4v) is 2.25. The average molecular weight is 215 g/mol. The van der Waals surface area contributed by atoms with Crippen LogP contribution in [0.2, 0.25) is 0 Å². The van der Waals surface area contributed by atoms with E-state index >= 15 is 0 Å². The maximum absolute atomic E-state index is 11.2.